The molecule has 2 rings (SSSR count). The molecule has 0 heterocycles. The molecule has 0 aliphatic rings. The van der Waals surface area contributed by atoms with E-state index in [1.165, 1.54) is 48.5 Å². The van der Waals surface area contributed by atoms with Gasteiger partial charge in [-0.15, -0.1) is 0 Å². The Hall–Kier alpha value is -0.700. The molecule has 0 aliphatic carbocycles. The summed E-state index contributed by atoms with van der Waals surface area (Å²) in [6.07, 6.45) is 0. The van der Waals surface area contributed by atoms with Crippen molar-refractivity contribution in [3.05, 3.63) is 60.7 Å². The van der Waals surface area contributed by atoms with E-state index in [4.69, 9.17) is 0 Å². The summed E-state index contributed by atoms with van der Waals surface area (Å²) in [5.41, 5.74) is 0. The smallest absolute Gasteiger partial charge is 0.220 e. The molecular formula is C13H10Br2O4S2. The predicted molar refractivity (Wildman–Crippen MR) is 87.8 cm³/mol. The second-order valence-corrected chi connectivity index (χ2v) is 14.1. The molecule has 4 nitrogen and oxygen atoms in total. The minimum atomic E-state index is -4.20. The molecule has 0 spiro atoms. The fraction of sp³-hybridized carbons (Fsp3) is 0.0769. The maximum atomic E-state index is 12.6. The molecule has 0 atom stereocenters. The highest BCUT2D eigenvalue weighted by Crippen LogP contribution is 2.45. The van der Waals surface area contributed by atoms with E-state index in [-0.39, 0.29) is 9.79 Å². The van der Waals surface area contributed by atoms with Crippen LogP contribution in [0.4, 0.5) is 0 Å². The van der Waals surface area contributed by atoms with Crippen LogP contribution in [0, 0.1) is 0 Å². The molecule has 0 radical (unpaired) electrons. The Morgan fingerprint density at radius 3 is 1.19 bits per heavy atom. The third kappa shape index (κ3) is 2.81. The second-order valence-electron chi connectivity index (χ2n) is 4.10. The van der Waals surface area contributed by atoms with Gasteiger partial charge in [-0.1, -0.05) is 36.4 Å². The molecule has 21 heavy (non-hydrogen) atoms. The molecule has 0 amide bonds. The molecule has 2 aromatic rings. The maximum Gasteiger partial charge on any atom is 0.289 e. The van der Waals surface area contributed by atoms with Crippen LogP contribution in [-0.4, -0.2) is 18.7 Å². The Morgan fingerprint density at radius 2 is 0.905 bits per heavy atom. The number of alkyl halides is 2. The summed E-state index contributed by atoms with van der Waals surface area (Å²) in [6, 6.07) is 14.8. The molecule has 0 aromatic heterocycles. The van der Waals surface area contributed by atoms with Crippen LogP contribution in [0.3, 0.4) is 0 Å². The molecule has 0 unspecified atom stereocenters. The lowest BCUT2D eigenvalue weighted by atomic mass is 10.4. The average Bonchev–Trinajstić information content (AvgIpc) is 2.48. The van der Waals surface area contributed by atoms with E-state index in [0.717, 1.165) is 0 Å². The van der Waals surface area contributed by atoms with Crippen molar-refractivity contribution in [1.82, 2.24) is 0 Å². The fourth-order valence-electron chi connectivity index (χ4n) is 1.62. The molecule has 0 saturated carbocycles. The van der Waals surface area contributed by atoms with Crippen molar-refractivity contribution in [2.24, 2.45) is 0 Å². The van der Waals surface area contributed by atoms with Crippen LogP contribution >= 0.6 is 31.9 Å². The average molecular weight is 454 g/mol. The lowest BCUT2D eigenvalue weighted by Crippen LogP contribution is -2.34. The molecule has 0 fully saturated rings. The summed E-state index contributed by atoms with van der Waals surface area (Å²) in [5.74, 6) is 0. The number of hydrogen-bond donors (Lipinski definition) is 0. The Bertz CT molecular complexity index is 759. The van der Waals surface area contributed by atoms with Crippen LogP contribution < -0.4 is 0 Å². The van der Waals surface area contributed by atoms with Gasteiger partial charge < -0.3 is 0 Å². The molecule has 0 bridgehead atoms. The Kier molecular flexibility index (Phi) is 4.63. The molecule has 8 heteroatoms. The van der Waals surface area contributed by atoms with E-state index in [9.17, 15) is 16.8 Å². The van der Waals surface area contributed by atoms with Crippen molar-refractivity contribution >= 4 is 51.5 Å². The van der Waals surface area contributed by atoms with E-state index in [1.54, 1.807) is 12.1 Å². The van der Waals surface area contributed by atoms with Crippen LogP contribution in [0.5, 0.6) is 0 Å². The molecular weight excluding hydrogens is 444 g/mol. The molecule has 2 aromatic carbocycles. The van der Waals surface area contributed by atoms with E-state index in [1.807, 2.05) is 0 Å². The molecule has 112 valence electrons. The third-order valence-corrected chi connectivity index (χ3v) is 12.2. The van der Waals surface area contributed by atoms with E-state index in [0.29, 0.717) is 0 Å². The van der Waals surface area contributed by atoms with Gasteiger partial charge in [0.15, 0.2) is 0 Å². The first kappa shape index (κ1) is 16.7. The molecule has 0 aliphatic heterocycles. The standard InChI is InChI=1S/C13H10Br2O4S2/c14-13(15,20(16,17)11-7-3-1-4-8-11)21(18,19)12-9-5-2-6-10-12/h1-10H. The Morgan fingerprint density at radius 1 is 0.619 bits per heavy atom. The second kappa shape index (κ2) is 5.83. The quantitative estimate of drug-likeness (QED) is 0.665. The van der Waals surface area contributed by atoms with Crippen LogP contribution in [-0.2, 0) is 19.7 Å². The van der Waals surface area contributed by atoms with Crippen molar-refractivity contribution in [2.45, 2.75) is 11.7 Å². The predicted octanol–water partition coefficient (Wildman–Crippen LogP) is 3.34. The highest BCUT2D eigenvalue weighted by molar-refractivity contribution is 9.30. The zero-order chi connectivity index (χ0) is 15.7. The van der Waals surface area contributed by atoms with Crippen LogP contribution in [0.15, 0.2) is 70.5 Å². The minimum absolute atomic E-state index is 0.0988. The van der Waals surface area contributed by atoms with Crippen molar-refractivity contribution in [2.75, 3.05) is 0 Å². The van der Waals surface area contributed by atoms with Crippen LogP contribution in [0.2, 0.25) is 0 Å². The van der Waals surface area contributed by atoms with Crippen molar-refractivity contribution in [3.63, 3.8) is 0 Å². The van der Waals surface area contributed by atoms with Gasteiger partial charge in [0.25, 0.3) is 1.90 Å². The van der Waals surface area contributed by atoms with Gasteiger partial charge in [0.05, 0.1) is 9.79 Å². The first-order valence-electron chi connectivity index (χ1n) is 5.68. The molecule has 0 N–H and O–H groups in total. The first-order chi connectivity index (χ1) is 9.71. The number of hydrogen-bond acceptors (Lipinski definition) is 4. The van der Waals surface area contributed by atoms with Crippen molar-refractivity contribution < 1.29 is 16.8 Å². The molecule has 0 saturated heterocycles. The van der Waals surface area contributed by atoms with Gasteiger partial charge in [-0.05, 0) is 56.1 Å². The SMILES string of the molecule is O=S(=O)(c1ccccc1)C(Br)(Br)S(=O)(=O)c1ccccc1. The van der Waals surface area contributed by atoms with E-state index < -0.39 is 21.6 Å². The largest absolute Gasteiger partial charge is 0.289 e. The maximum absolute atomic E-state index is 12.6. The number of rotatable bonds is 4. The fourth-order valence-corrected chi connectivity index (χ4v) is 7.17. The lowest BCUT2D eigenvalue weighted by Gasteiger charge is -2.21. The minimum Gasteiger partial charge on any atom is -0.220 e. The third-order valence-electron chi connectivity index (χ3n) is 2.73. The van der Waals surface area contributed by atoms with Gasteiger partial charge in [0.2, 0.25) is 19.7 Å². The lowest BCUT2D eigenvalue weighted by molar-refractivity contribution is 0.584. The van der Waals surface area contributed by atoms with Gasteiger partial charge in [0, 0.05) is 0 Å². The monoisotopic (exact) mass is 452 g/mol. The zero-order valence-electron chi connectivity index (χ0n) is 10.5. The Labute approximate surface area is 140 Å². The Balaban J connectivity index is 2.62. The van der Waals surface area contributed by atoms with Gasteiger partial charge in [-0.3, -0.25) is 0 Å². The summed E-state index contributed by atoms with van der Waals surface area (Å²) >= 11 is 5.68. The number of sulfone groups is 2. The summed E-state index contributed by atoms with van der Waals surface area (Å²) in [5, 5.41) is 0. The van der Waals surface area contributed by atoms with Gasteiger partial charge in [0.1, 0.15) is 0 Å². The zero-order valence-corrected chi connectivity index (χ0v) is 15.3. The van der Waals surface area contributed by atoms with Crippen molar-refractivity contribution in [3.8, 4) is 0 Å². The summed E-state index contributed by atoms with van der Waals surface area (Å²) in [6.45, 7) is 0. The normalized spacial score (nSPS) is 13.0. The summed E-state index contributed by atoms with van der Waals surface area (Å²) < 4.78 is 48.1. The topological polar surface area (TPSA) is 68.3 Å². The van der Waals surface area contributed by atoms with Crippen LogP contribution in [0.25, 0.3) is 0 Å². The highest BCUT2D eigenvalue weighted by Gasteiger charge is 2.52. The van der Waals surface area contributed by atoms with Gasteiger partial charge >= 0.3 is 0 Å². The highest BCUT2D eigenvalue weighted by atomic mass is 79.9. The number of halogens is 2. The van der Waals surface area contributed by atoms with E-state index >= 15 is 0 Å². The number of benzene rings is 2. The summed E-state index contributed by atoms with van der Waals surface area (Å²) in [7, 11) is -8.40. The van der Waals surface area contributed by atoms with Gasteiger partial charge in [-0.25, -0.2) is 16.8 Å². The summed E-state index contributed by atoms with van der Waals surface area (Å²) in [4.78, 5) is -0.198. The van der Waals surface area contributed by atoms with Crippen molar-refractivity contribution in [1.29, 1.82) is 0 Å². The first-order valence-corrected chi connectivity index (χ1v) is 10.2. The van der Waals surface area contributed by atoms with Gasteiger partial charge in [-0.2, -0.15) is 0 Å². The van der Waals surface area contributed by atoms with E-state index in [2.05, 4.69) is 31.9 Å². The van der Waals surface area contributed by atoms with Crippen LogP contribution in [0.1, 0.15) is 0 Å².